The van der Waals surface area contributed by atoms with Gasteiger partial charge in [-0.2, -0.15) is 9.49 Å². The number of hydrogen-bond donors (Lipinski definition) is 0. The molecule has 13 heteroatoms. The predicted octanol–water partition coefficient (Wildman–Crippen LogP) is 6.91. The van der Waals surface area contributed by atoms with Gasteiger partial charge >= 0.3 is 0 Å². The van der Waals surface area contributed by atoms with Crippen LogP contribution in [0.5, 0.6) is 5.75 Å². The molecule has 0 bridgehead atoms. The van der Waals surface area contributed by atoms with Gasteiger partial charge in [-0.3, -0.25) is 14.2 Å². The van der Waals surface area contributed by atoms with E-state index in [4.69, 9.17) is 19.6 Å². The minimum Gasteiger partial charge on any atom is -0.490 e. The van der Waals surface area contributed by atoms with E-state index in [1.807, 2.05) is 35.2 Å². The smallest absolute Gasteiger partial charge is 0.246 e. The minimum atomic E-state index is -0.832. The molecule has 2 aromatic carbocycles. The van der Waals surface area contributed by atoms with Crippen LogP contribution in [0.2, 0.25) is 0 Å². The molecular formula is C34H29F3N6O3S. The van der Waals surface area contributed by atoms with Crippen molar-refractivity contribution in [3.05, 3.63) is 83.8 Å². The van der Waals surface area contributed by atoms with Gasteiger partial charge in [-0.15, -0.1) is 16.4 Å². The van der Waals surface area contributed by atoms with Crippen molar-refractivity contribution in [2.45, 2.75) is 19.5 Å². The van der Waals surface area contributed by atoms with Gasteiger partial charge in [0.25, 0.3) is 0 Å². The molecule has 6 aromatic rings. The van der Waals surface area contributed by atoms with E-state index in [1.165, 1.54) is 29.2 Å². The quantitative estimate of drug-likeness (QED) is 0.131. The summed E-state index contributed by atoms with van der Waals surface area (Å²) in [5.74, 6) is -2.44. The van der Waals surface area contributed by atoms with Gasteiger partial charge in [-0.05, 0) is 42.6 Å². The molecule has 1 aliphatic rings. The Morgan fingerprint density at radius 1 is 1.04 bits per heavy atom. The number of thiophene rings is 1. The summed E-state index contributed by atoms with van der Waals surface area (Å²) < 4.78 is 60.4. The number of carbonyl (C=O) groups excluding carboxylic acids is 1. The van der Waals surface area contributed by atoms with Gasteiger partial charge in [0.2, 0.25) is 11.9 Å². The van der Waals surface area contributed by atoms with Crippen LogP contribution in [0.3, 0.4) is 0 Å². The second-order valence-electron chi connectivity index (χ2n) is 11.2. The minimum absolute atomic E-state index is 0.0102. The van der Waals surface area contributed by atoms with E-state index in [2.05, 4.69) is 11.7 Å². The Hall–Kier alpha value is -5.01. The molecule has 0 spiro atoms. The lowest BCUT2D eigenvalue weighted by Crippen LogP contribution is -2.40. The summed E-state index contributed by atoms with van der Waals surface area (Å²) in [5, 5.41) is 11.7. The number of halogens is 3. The molecular weight excluding hydrogens is 629 g/mol. The lowest BCUT2D eigenvalue weighted by atomic mass is 9.96. The summed E-state index contributed by atoms with van der Waals surface area (Å²) in [5.41, 5.74) is 3.67. The van der Waals surface area contributed by atoms with Crippen LogP contribution in [0, 0.1) is 17.6 Å². The first-order chi connectivity index (χ1) is 22.7. The summed E-state index contributed by atoms with van der Waals surface area (Å²) in [6, 6.07) is 10.6. The Kier molecular flexibility index (Phi) is 7.80. The number of rotatable bonds is 8. The zero-order valence-electron chi connectivity index (χ0n) is 25.8. The molecule has 5 heterocycles. The third-order valence-electron chi connectivity index (χ3n) is 8.46. The number of benzene rings is 2. The van der Waals surface area contributed by atoms with Crippen molar-refractivity contribution in [3.8, 4) is 39.5 Å². The van der Waals surface area contributed by atoms with Crippen molar-refractivity contribution in [2.24, 2.45) is 7.05 Å². The lowest BCUT2D eigenvalue weighted by molar-refractivity contribution is -0.129. The SMILES string of the molecule is C=CC(=O)N1CCn2nc(-c3nc(-c4ccc5c(c4)c(F)nn5C)c4ccsc4c3-c3c(F)cc(F)cc3OCCOC)cc2[C@H]1C. The van der Waals surface area contributed by atoms with Crippen molar-refractivity contribution in [1.29, 1.82) is 0 Å². The highest BCUT2D eigenvalue weighted by Crippen LogP contribution is 2.47. The van der Waals surface area contributed by atoms with Crippen LogP contribution >= 0.6 is 11.3 Å². The third kappa shape index (κ3) is 5.15. The van der Waals surface area contributed by atoms with Gasteiger partial charge < -0.3 is 14.4 Å². The molecule has 240 valence electrons. The summed E-state index contributed by atoms with van der Waals surface area (Å²) in [6.45, 7) is 6.64. The first-order valence-corrected chi connectivity index (χ1v) is 15.7. The van der Waals surface area contributed by atoms with E-state index in [-0.39, 0.29) is 36.5 Å². The van der Waals surface area contributed by atoms with Crippen LogP contribution in [0.25, 0.3) is 54.8 Å². The van der Waals surface area contributed by atoms with Crippen molar-refractivity contribution < 1.29 is 27.4 Å². The number of methoxy groups -OCH3 is 1. The molecule has 0 radical (unpaired) electrons. The number of hydrogen-bond acceptors (Lipinski definition) is 7. The van der Waals surface area contributed by atoms with Crippen LogP contribution in [-0.2, 0) is 23.1 Å². The van der Waals surface area contributed by atoms with E-state index in [0.717, 1.165) is 17.8 Å². The highest BCUT2D eigenvalue weighted by molar-refractivity contribution is 7.18. The number of aryl methyl sites for hydroxylation is 1. The molecule has 0 saturated carbocycles. The number of carbonyl (C=O) groups is 1. The molecule has 1 amide bonds. The van der Waals surface area contributed by atoms with Crippen LogP contribution in [0.1, 0.15) is 18.7 Å². The van der Waals surface area contributed by atoms with Crippen molar-refractivity contribution >= 4 is 38.2 Å². The van der Waals surface area contributed by atoms with Gasteiger partial charge in [0.1, 0.15) is 35.4 Å². The monoisotopic (exact) mass is 658 g/mol. The maximum atomic E-state index is 16.0. The number of aromatic nitrogens is 5. The fourth-order valence-corrected chi connectivity index (χ4v) is 7.16. The molecule has 0 unspecified atom stereocenters. The largest absolute Gasteiger partial charge is 0.490 e. The molecule has 4 aromatic heterocycles. The molecule has 1 aliphatic heterocycles. The summed E-state index contributed by atoms with van der Waals surface area (Å²) in [7, 11) is 3.18. The molecule has 7 rings (SSSR count). The number of amides is 1. The first kappa shape index (κ1) is 30.6. The zero-order valence-corrected chi connectivity index (χ0v) is 26.6. The number of nitrogens with zero attached hydrogens (tertiary/aromatic N) is 6. The molecule has 1 atom stereocenters. The van der Waals surface area contributed by atoms with E-state index >= 15 is 4.39 Å². The summed E-state index contributed by atoms with van der Waals surface area (Å²) >= 11 is 1.36. The molecule has 0 fully saturated rings. The van der Waals surface area contributed by atoms with Crippen molar-refractivity contribution in [2.75, 3.05) is 26.9 Å². The molecule has 9 nitrogen and oxygen atoms in total. The highest BCUT2D eigenvalue weighted by atomic mass is 32.1. The van der Waals surface area contributed by atoms with Crippen LogP contribution in [0.15, 0.2) is 60.5 Å². The lowest BCUT2D eigenvalue weighted by Gasteiger charge is -2.33. The Morgan fingerprint density at radius 2 is 1.87 bits per heavy atom. The van der Waals surface area contributed by atoms with E-state index in [9.17, 15) is 13.6 Å². The standard InChI is InChI=1S/C34H29F3N6O3S/c1-5-28(44)42-9-10-43-26(18(42)2)17-24(39-43)32-30(29-23(36)15-20(35)16-27(29)46-12-11-45-4)33-21(8-13-47-33)31(38-32)19-6-7-25-22(14-19)34(37)40-41(25)3/h5-8,13-18H,1,9-12H2,2-4H3/t18-/m1/s1. The van der Waals surface area contributed by atoms with Gasteiger partial charge in [0, 0.05) is 54.0 Å². The van der Waals surface area contributed by atoms with Crippen LogP contribution < -0.4 is 4.74 Å². The second kappa shape index (κ2) is 12.0. The normalized spacial score (nSPS) is 14.6. The zero-order chi connectivity index (χ0) is 33.0. The average Bonchev–Trinajstić information content (AvgIpc) is 3.78. The Morgan fingerprint density at radius 3 is 2.66 bits per heavy atom. The van der Waals surface area contributed by atoms with E-state index in [1.54, 1.807) is 24.1 Å². The van der Waals surface area contributed by atoms with E-state index in [0.29, 0.717) is 62.3 Å². The molecule has 0 N–H and O–H groups in total. The fraction of sp³-hybridized carbons (Fsp3) is 0.235. The highest BCUT2D eigenvalue weighted by Gasteiger charge is 2.31. The number of fused-ring (bicyclic) bond motifs is 3. The molecule has 0 saturated heterocycles. The van der Waals surface area contributed by atoms with Crippen molar-refractivity contribution in [1.82, 2.24) is 29.4 Å². The Bertz CT molecular complexity index is 2210. The first-order valence-electron chi connectivity index (χ1n) is 14.9. The molecule has 47 heavy (non-hydrogen) atoms. The van der Waals surface area contributed by atoms with E-state index < -0.39 is 17.6 Å². The number of ether oxygens (including phenoxy) is 2. The Labute approximate surface area is 271 Å². The fourth-order valence-electron chi connectivity index (χ4n) is 6.21. The van der Waals surface area contributed by atoms with Crippen molar-refractivity contribution in [3.63, 3.8) is 0 Å². The number of pyridine rings is 1. The maximum absolute atomic E-state index is 16.0. The second-order valence-corrected chi connectivity index (χ2v) is 12.1. The van der Waals surface area contributed by atoms with Crippen LogP contribution in [-0.4, -0.2) is 62.2 Å². The van der Waals surface area contributed by atoms with Gasteiger partial charge in [0.15, 0.2) is 0 Å². The van der Waals surface area contributed by atoms with Crippen LogP contribution in [0.4, 0.5) is 13.2 Å². The maximum Gasteiger partial charge on any atom is 0.246 e. The predicted molar refractivity (Wildman–Crippen MR) is 174 cm³/mol. The summed E-state index contributed by atoms with van der Waals surface area (Å²) in [4.78, 5) is 19.4. The topological polar surface area (TPSA) is 87.3 Å². The van der Waals surface area contributed by atoms with Gasteiger partial charge in [-0.1, -0.05) is 12.6 Å². The third-order valence-corrected chi connectivity index (χ3v) is 9.39. The molecule has 0 aliphatic carbocycles. The van der Waals surface area contributed by atoms with Gasteiger partial charge in [-0.25, -0.2) is 13.8 Å². The average molecular weight is 659 g/mol. The van der Waals surface area contributed by atoms with Gasteiger partial charge in [0.05, 0.1) is 47.0 Å². The summed E-state index contributed by atoms with van der Waals surface area (Å²) in [6.07, 6.45) is 1.28. The Balaban J connectivity index is 1.51.